The lowest BCUT2D eigenvalue weighted by Gasteiger charge is -2.36. The minimum atomic E-state index is 0.182. The van der Waals surface area contributed by atoms with Crippen molar-refractivity contribution in [3.8, 4) is 11.4 Å². The Hall–Kier alpha value is -1.98. The standard InChI is InChI=1S/C20H20BrN3O/c1-13-11-24(12-14(2)25-13)20-17-10-16(21)8-9-18(17)22-19(23-20)15-6-4-3-5-7-15/h3-10,13-14H,11-12H2,1-2H3. The van der Waals surface area contributed by atoms with Crippen LogP contribution in [-0.2, 0) is 4.74 Å². The molecule has 0 amide bonds. The summed E-state index contributed by atoms with van der Waals surface area (Å²) in [5.74, 6) is 1.74. The normalized spacial score (nSPS) is 20.8. The van der Waals surface area contributed by atoms with E-state index < -0.39 is 0 Å². The largest absolute Gasteiger partial charge is 0.372 e. The maximum Gasteiger partial charge on any atom is 0.162 e. The molecule has 0 N–H and O–H groups in total. The van der Waals surface area contributed by atoms with E-state index in [1.165, 1.54) is 0 Å². The van der Waals surface area contributed by atoms with Crippen LogP contribution in [-0.4, -0.2) is 35.3 Å². The highest BCUT2D eigenvalue weighted by molar-refractivity contribution is 9.10. The maximum atomic E-state index is 5.89. The third kappa shape index (κ3) is 3.39. The SMILES string of the molecule is CC1CN(c2nc(-c3ccccc3)nc3ccc(Br)cc23)CC(C)O1. The first-order valence-electron chi connectivity index (χ1n) is 8.53. The molecule has 2 atom stereocenters. The molecule has 25 heavy (non-hydrogen) atoms. The Labute approximate surface area is 156 Å². The average molecular weight is 398 g/mol. The van der Waals surface area contributed by atoms with Crippen LogP contribution in [0.3, 0.4) is 0 Å². The van der Waals surface area contributed by atoms with Crippen LogP contribution in [0.15, 0.2) is 53.0 Å². The molecule has 1 fully saturated rings. The van der Waals surface area contributed by atoms with Gasteiger partial charge >= 0.3 is 0 Å². The van der Waals surface area contributed by atoms with Crippen LogP contribution in [0.1, 0.15) is 13.8 Å². The third-order valence-corrected chi connectivity index (χ3v) is 4.88. The highest BCUT2D eigenvalue weighted by Crippen LogP contribution is 2.31. The van der Waals surface area contributed by atoms with Gasteiger partial charge in [-0.05, 0) is 32.0 Å². The molecule has 2 heterocycles. The molecule has 4 nitrogen and oxygen atoms in total. The van der Waals surface area contributed by atoms with Gasteiger partial charge in [0.2, 0.25) is 0 Å². The Morgan fingerprint density at radius 2 is 1.72 bits per heavy atom. The van der Waals surface area contributed by atoms with Crippen LogP contribution >= 0.6 is 15.9 Å². The second-order valence-corrected chi connectivity index (χ2v) is 7.48. The van der Waals surface area contributed by atoms with E-state index in [1.54, 1.807) is 0 Å². The molecule has 3 aromatic rings. The van der Waals surface area contributed by atoms with E-state index in [1.807, 2.05) is 42.5 Å². The average Bonchev–Trinajstić information content (AvgIpc) is 2.61. The number of fused-ring (bicyclic) bond motifs is 1. The van der Waals surface area contributed by atoms with Crippen LogP contribution in [0, 0.1) is 0 Å². The lowest BCUT2D eigenvalue weighted by molar-refractivity contribution is -0.00536. The number of halogens is 1. The van der Waals surface area contributed by atoms with E-state index in [4.69, 9.17) is 14.7 Å². The van der Waals surface area contributed by atoms with Gasteiger partial charge < -0.3 is 9.64 Å². The van der Waals surface area contributed by atoms with Gasteiger partial charge in [0, 0.05) is 28.5 Å². The van der Waals surface area contributed by atoms with Crippen LogP contribution in [0.2, 0.25) is 0 Å². The van der Waals surface area contributed by atoms with Gasteiger partial charge in [0.05, 0.1) is 17.7 Å². The molecule has 1 aliphatic heterocycles. The molecule has 0 spiro atoms. The summed E-state index contributed by atoms with van der Waals surface area (Å²) in [7, 11) is 0. The molecule has 0 radical (unpaired) electrons. The number of hydrogen-bond acceptors (Lipinski definition) is 4. The van der Waals surface area contributed by atoms with Crippen molar-refractivity contribution in [3.63, 3.8) is 0 Å². The Morgan fingerprint density at radius 1 is 1.00 bits per heavy atom. The quantitative estimate of drug-likeness (QED) is 0.629. The lowest BCUT2D eigenvalue weighted by Crippen LogP contribution is -2.46. The Balaban J connectivity index is 1.89. The molecule has 2 aromatic carbocycles. The van der Waals surface area contributed by atoms with Crippen molar-refractivity contribution in [3.05, 3.63) is 53.0 Å². The molecule has 2 unspecified atom stereocenters. The Kier molecular flexibility index (Phi) is 4.44. The Bertz CT molecular complexity index is 890. The second-order valence-electron chi connectivity index (χ2n) is 6.56. The number of ether oxygens (including phenoxy) is 1. The minimum Gasteiger partial charge on any atom is -0.372 e. The molecule has 0 aliphatic carbocycles. The molecule has 128 valence electrons. The van der Waals surface area contributed by atoms with Crippen molar-refractivity contribution in [2.24, 2.45) is 0 Å². The topological polar surface area (TPSA) is 38.2 Å². The van der Waals surface area contributed by atoms with Gasteiger partial charge in [-0.3, -0.25) is 0 Å². The van der Waals surface area contributed by atoms with Crippen molar-refractivity contribution < 1.29 is 4.74 Å². The predicted molar refractivity (Wildman–Crippen MR) is 105 cm³/mol. The van der Waals surface area contributed by atoms with Crippen molar-refractivity contribution in [2.45, 2.75) is 26.1 Å². The number of morpholine rings is 1. The van der Waals surface area contributed by atoms with Crippen LogP contribution < -0.4 is 4.90 Å². The lowest BCUT2D eigenvalue weighted by atomic mass is 10.1. The fourth-order valence-corrected chi connectivity index (χ4v) is 3.75. The second kappa shape index (κ2) is 6.73. The molecule has 4 rings (SSSR count). The van der Waals surface area contributed by atoms with Crippen LogP contribution in [0.25, 0.3) is 22.3 Å². The van der Waals surface area contributed by atoms with Gasteiger partial charge in [0.15, 0.2) is 5.82 Å². The summed E-state index contributed by atoms with van der Waals surface area (Å²) < 4.78 is 6.93. The van der Waals surface area contributed by atoms with E-state index in [0.29, 0.717) is 0 Å². The maximum absolute atomic E-state index is 5.89. The van der Waals surface area contributed by atoms with Crippen LogP contribution in [0.4, 0.5) is 5.82 Å². The highest BCUT2D eigenvalue weighted by atomic mass is 79.9. The number of aromatic nitrogens is 2. The minimum absolute atomic E-state index is 0.182. The van der Waals surface area contributed by atoms with Gasteiger partial charge in [0.1, 0.15) is 5.82 Å². The number of nitrogens with zero attached hydrogens (tertiary/aromatic N) is 3. The predicted octanol–water partition coefficient (Wildman–Crippen LogP) is 4.67. The fraction of sp³-hybridized carbons (Fsp3) is 0.300. The van der Waals surface area contributed by atoms with E-state index in [0.717, 1.165) is 45.7 Å². The number of benzene rings is 2. The van der Waals surface area contributed by atoms with E-state index in [2.05, 4.69) is 40.7 Å². The van der Waals surface area contributed by atoms with E-state index in [9.17, 15) is 0 Å². The third-order valence-electron chi connectivity index (χ3n) is 4.39. The number of rotatable bonds is 2. The summed E-state index contributed by atoms with van der Waals surface area (Å²) in [5.41, 5.74) is 1.99. The molecule has 1 aromatic heterocycles. The number of anilines is 1. The molecule has 5 heteroatoms. The molecule has 0 saturated carbocycles. The van der Waals surface area contributed by atoms with Crippen molar-refractivity contribution >= 4 is 32.7 Å². The van der Waals surface area contributed by atoms with Gasteiger partial charge in [-0.1, -0.05) is 46.3 Å². The smallest absolute Gasteiger partial charge is 0.162 e. The van der Waals surface area contributed by atoms with Gasteiger partial charge in [-0.15, -0.1) is 0 Å². The first-order valence-corrected chi connectivity index (χ1v) is 9.32. The first kappa shape index (κ1) is 16.5. The molecular formula is C20H20BrN3O. The van der Waals surface area contributed by atoms with Gasteiger partial charge in [-0.2, -0.15) is 0 Å². The summed E-state index contributed by atoms with van der Waals surface area (Å²) in [5, 5.41) is 1.07. The molecule has 0 bridgehead atoms. The summed E-state index contributed by atoms with van der Waals surface area (Å²) in [6.07, 6.45) is 0.363. The first-order chi connectivity index (χ1) is 12.1. The van der Waals surface area contributed by atoms with Gasteiger partial charge in [0.25, 0.3) is 0 Å². The van der Waals surface area contributed by atoms with Crippen LogP contribution in [0.5, 0.6) is 0 Å². The summed E-state index contributed by atoms with van der Waals surface area (Å²) >= 11 is 3.58. The van der Waals surface area contributed by atoms with E-state index >= 15 is 0 Å². The summed E-state index contributed by atoms with van der Waals surface area (Å²) in [4.78, 5) is 12.1. The van der Waals surface area contributed by atoms with E-state index in [-0.39, 0.29) is 12.2 Å². The zero-order valence-electron chi connectivity index (χ0n) is 14.3. The van der Waals surface area contributed by atoms with Crippen molar-refractivity contribution in [2.75, 3.05) is 18.0 Å². The summed E-state index contributed by atoms with van der Waals surface area (Å²) in [6, 6.07) is 16.3. The zero-order chi connectivity index (χ0) is 17.4. The molecular weight excluding hydrogens is 378 g/mol. The number of hydrogen-bond donors (Lipinski definition) is 0. The monoisotopic (exact) mass is 397 g/mol. The zero-order valence-corrected chi connectivity index (χ0v) is 15.9. The molecule has 1 aliphatic rings. The molecule has 1 saturated heterocycles. The Morgan fingerprint density at radius 3 is 2.44 bits per heavy atom. The highest BCUT2D eigenvalue weighted by Gasteiger charge is 2.25. The van der Waals surface area contributed by atoms with Crippen molar-refractivity contribution in [1.82, 2.24) is 9.97 Å². The van der Waals surface area contributed by atoms with Crippen molar-refractivity contribution in [1.29, 1.82) is 0 Å². The van der Waals surface area contributed by atoms with Gasteiger partial charge in [-0.25, -0.2) is 9.97 Å². The summed E-state index contributed by atoms with van der Waals surface area (Å²) in [6.45, 7) is 5.88. The fourth-order valence-electron chi connectivity index (χ4n) is 3.39.